The van der Waals surface area contributed by atoms with E-state index in [1.165, 1.54) is 12.1 Å². The van der Waals surface area contributed by atoms with Crippen molar-refractivity contribution in [1.82, 2.24) is 16.0 Å². The van der Waals surface area contributed by atoms with Crippen molar-refractivity contribution in [3.05, 3.63) is 137 Å². The third kappa shape index (κ3) is 12.9. The summed E-state index contributed by atoms with van der Waals surface area (Å²) in [6.07, 6.45) is -5.53. The number of amides is 4. The SMILES string of the molecule is O=C1CCC(=O)N[C@H](CCc2ccccc2)C(=O)N[C@@H](Cc2ccc(C(F)(F)F)cc2)C(=O)N[C@H](Cc2ccccc2)C(=O)C[C@@H](C(=O)O)Cc2ccc(cc2)N1. The van der Waals surface area contributed by atoms with Crippen LogP contribution in [0.15, 0.2) is 109 Å². The maximum absolute atomic E-state index is 14.2. The number of alkyl halides is 3. The van der Waals surface area contributed by atoms with Gasteiger partial charge in [0, 0.05) is 31.4 Å². The molecular formula is C43H43F3N4O7. The van der Waals surface area contributed by atoms with Gasteiger partial charge in [0.2, 0.25) is 23.6 Å². The minimum absolute atomic E-state index is 0.0249. The van der Waals surface area contributed by atoms with Gasteiger partial charge in [-0.3, -0.25) is 28.8 Å². The lowest BCUT2D eigenvalue weighted by molar-refractivity contribution is -0.144. The van der Waals surface area contributed by atoms with Crippen LogP contribution in [0.4, 0.5) is 18.9 Å². The summed E-state index contributed by atoms with van der Waals surface area (Å²) in [5.74, 6) is -5.75. The van der Waals surface area contributed by atoms with Crippen LogP contribution in [0.5, 0.6) is 0 Å². The number of benzene rings is 4. The lowest BCUT2D eigenvalue weighted by atomic mass is 9.90. The summed E-state index contributed by atoms with van der Waals surface area (Å²) >= 11 is 0. The molecule has 0 saturated heterocycles. The van der Waals surface area contributed by atoms with Gasteiger partial charge < -0.3 is 26.4 Å². The van der Waals surface area contributed by atoms with Crippen molar-refractivity contribution in [3.8, 4) is 0 Å². The van der Waals surface area contributed by atoms with Crippen LogP contribution in [0.2, 0.25) is 0 Å². The highest BCUT2D eigenvalue weighted by atomic mass is 19.4. The van der Waals surface area contributed by atoms with E-state index in [9.17, 15) is 47.0 Å². The minimum Gasteiger partial charge on any atom is -0.481 e. The summed E-state index contributed by atoms with van der Waals surface area (Å²) in [5.41, 5.74) is 1.83. The highest BCUT2D eigenvalue weighted by molar-refractivity contribution is 5.97. The number of carboxylic acid groups (broad SMARTS) is 1. The van der Waals surface area contributed by atoms with E-state index in [-0.39, 0.29) is 44.1 Å². The molecule has 0 spiro atoms. The molecule has 0 aromatic heterocycles. The van der Waals surface area contributed by atoms with Gasteiger partial charge in [0.25, 0.3) is 0 Å². The fourth-order valence-electron chi connectivity index (χ4n) is 6.50. The van der Waals surface area contributed by atoms with E-state index in [0.717, 1.165) is 17.7 Å². The molecule has 0 saturated carbocycles. The van der Waals surface area contributed by atoms with E-state index in [4.69, 9.17) is 0 Å². The van der Waals surface area contributed by atoms with E-state index in [2.05, 4.69) is 21.3 Å². The van der Waals surface area contributed by atoms with Crippen LogP contribution in [0.3, 0.4) is 0 Å². The van der Waals surface area contributed by atoms with Gasteiger partial charge >= 0.3 is 12.1 Å². The number of Topliss-reactive ketones (excluding diaryl/α,β-unsaturated/α-hetero) is 1. The second-order valence-corrected chi connectivity index (χ2v) is 14.0. The Morgan fingerprint density at radius 2 is 1.16 bits per heavy atom. The van der Waals surface area contributed by atoms with Crippen molar-refractivity contribution in [2.45, 2.75) is 75.7 Å². The first kappa shape index (κ1) is 41.8. The third-order valence-corrected chi connectivity index (χ3v) is 9.65. The van der Waals surface area contributed by atoms with Gasteiger partial charge in [0.05, 0.1) is 17.5 Å². The molecule has 298 valence electrons. The lowest BCUT2D eigenvalue weighted by Crippen LogP contribution is -2.57. The number of anilines is 1. The minimum atomic E-state index is -4.62. The average Bonchev–Trinajstić information content (AvgIpc) is 3.18. The molecule has 14 heteroatoms. The number of carbonyl (C=O) groups is 6. The Labute approximate surface area is 327 Å². The number of aliphatic carboxylic acids is 1. The highest BCUT2D eigenvalue weighted by Gasteiger charge is 2.33. The zero-order valence-electron chi connectivity index (χ0n) is 30.9. The Balaban J connectivity index is 1.50. The van der Waals surface area contributed by atoms with Crippen LogP contribution in [0, 0.1) is 5.92 Å². The van der Waals surface area contributed by atoms with Crippen molar-refractivity contribution >= 4 is 41.1 Å². The van der Waals surface area contributed by atoms with Gasteiger partial charge in [0.1, 0.15) is 12.1 Å². The summed E-state index contributed by atoms with van der Waals surface area (Å²) in [6.45, 7) is 0. The summed E-state index contributed by atoms with van der Waals surface area (Å²) in [4.78, 5) is 80.7. The number of carbonyl (C=O) groups excluding carboxylic acids is 5. The number of nitrogens with one attached hydrogen (secondary N) is 4. The maximum atomic E-state index is 14.2. The fourth-order valence-corrected chi connectivity index (χ4v) is 6.50. The predicted octanol–water partition coefficient (Wildman–Crippen LogP) is 5.21. The fraction of sp³-hybridized carbons (Fsp3) is 0.302. The zero-order chi connectivity index (χ0) is 41.0. The second-order valence-electron chi connectivity index (χ2n) is 14.0. The van der Waals surface area contributed by atoms with E-state index in [0.29, 0.717) is 23.2 Å². The molecule has 4 atom stereocenters. The quantitative estimate of drug-likeness (QED) is 0.153. The Kier molecular flexibility index (Phi) is 14.3. The summed E-state index contributed by atoms with van der Waals surface area (Å²) in [6, 6.07) is 24.4. The molecule has 0 aliphatic carbocycles. The largest absolute Gasteiger partial charge is 0.481 e. The van der Waals surface area contributed by atoms with Crippen molar-refractivity contribution in [1.29, 1.82) is 0 Å². The normalized spacial score (nSPS) is 20.4. The van der Waals surface area contributed by atoms with E-state index >= 15 is 0 Å². The molecule has 2 aliphatic heterocycles. The molecular weight excluding hydrogens is 741 g/mol. The van der Waals surface area contributed by atoms with Gasteiger partial charge in [-0.2, -0.15) is 13.2 Å². The number of hydrogen-bond donors (Lipinski definition) is 5. The van der Waals surface area contributed by atoms with Crippen molar-refractivity contribution in [2.24, 2.45) is 5.92 Å². The Morgan fingerprint density at radius 1 is 0.614 bits per heavy atom. The van der Waals surface area contributed by atoms with Crippen molar-refractivity contribution in [3.63, 3.8) is 0 Å². The van der Waals surface area contributed by atoms with Crippen LogP contribution >= 0.6 is 0 Å². The van der Waals surface area contributed by atoms with E-state index in [1.807, 2.05) is 30.3 Å². The van der Waals surface area contributed by atoms with Crippen LogP contribution in [0.25, 0.3) is 0 Å². The number of hydrogen-bond acceptors (Lipinski definition) is 6. The molecule has 0 unspecified atom stereocenters. The molecule has 4 amide bonds. The van der Waals surface area contributed by atoms with Crippen LogP contribution in [-0.4, -0.2) is 58.6 Å². The number of aryl methyl sites for hydroxylation is 1. The van der Waals surface area contributed by atoms with E-state index < -0.39 is 77.6 Å². The Morgan fingerprint density at radius 3 is 1.77 bits per heavy atom. The van der Waals surface area contributed by atoms with E-state index in [1.54, 1.807) is 54.6 Å². The molecule has 5 N–H and O–H groups in total. The molecule has 6 rings (SSSR count). The van der Waals surface area contributed by atoms with Gasteiger partial charge in [-0.25, -0.2) is 0 Å². The standard InChI is InChI=1S/C43H43F3N4O7/c44-43(45,46)32-16-11-30(12-17-32)25-36-41(55)49-35(24-28-9-5-2-6-10-28)37(51)26-31(42(56)57)23-29-13-18-33(19-14-29)47-38(52)21-22-39(53)48-34(40(54)50-36)20-15-27-7-3-1-4-8-27/h1-14,16-19,31,34-36H,15,20-26H2,(H,47,52)(H,48,53)(H,49,55)(H,50,54)(H,56,57)/t31-,34+,35+,36-/m0/s1. The number of halogens is 3. The van der Waals surface area contributed by atoms with Crippen LogP contribution in [0.1, 0.15) is 53.5 Å². The van der Waals surface area contributed by atoms with Crippen molar-refractivity contribution in [2.75, 3.05) is 5.32 Å². The molecule has 0 fully saturated rings. The first-order chi connectivity index (χ1) is 27.2. The molecule has 0 radical (unpaired) electrons. The molecule has 57 heavy (non-hydrogen) atoms. The summed E-state index contributed by atoms with van der Waals surface area (Å²) in [5, 5.41) is 20.9. The maximum Gasteiger partial charge on any atom is 0.416 e. The Bertz CT molecular complexity index is 2030. The summed E-state index contributed by atoms with van der Waals surface area (Å²) in [7, 11) is 0. The monoisotopic (exact) mass is 784 g/mol. The lowest BCUT2D eigenvalue weighted by Gasteiger charge is -2.26. The number of carboxylic acids is 1. The van der Waals surface area contributed by atoms with Crippen LogP contribution in [-0.2, 0) is 60.6 Å². The third-order valence-electron chi connectivity index (χ3n) is 9.65. The number of rotatable bonds is 8. The topological polar surface area (TPSA) is 171 Å². The average molecular weight is 785 g/mol. The second kappa shape index (κ2) is 19.5. The molecule has 2 heterocycles. The molecule has 4 aromatic carbocycles. The van der Waals surface area contributed by atoms with Crippen LogP contribution < -0.4 is 21.3 Å². The Hall–Kier alpha value is -6.31. The van der Waals surface area contributed by atoms with Gasteiger partial charge in [-0.15, -0.1) is 0 Å². The number of ketones is 1. The highest BCUT2D eigenvalue weighted by Crippen LogP contribution is 2.29. The summed E-state index contributed by atoms with van der Waals surface area (Å²) < 4.78 is 40.2. The molecule has 2 aliphatic rings. The van der Waals surface area contributed by atoms with Gasteiger partial charge in [0.15, 0.2) is 5.78 Å². The predicted molar refractivity (Wildman–Crippen MR) is 205 cm³/mol. The van der Waals surface area contributed by atoms with Crippen molar-refractivity contribution < 1.29 is 47.0 Å². The molecule has 4 aromatic rings. The first-order valence-electron chi connectivity index (χ1n) is 18.5. The molecule has 11 nitrogen and oxygen atoms in total. The van der Waals surface area contributed by atoms with Gasteiger partial charge in [-0.05, 0) is 72.2 Å². The first-order valence-corrected chi connectivity index (χ1v) is 18.5. The smallest absolute Gasteiger partial charge is 0.416 e. The molecule has 2 bridgehead atoms. The van der Waals surface area contributed by atoms with Gasteiger partial charge in [-0.1, -0.05) is 84.9 Å². The number of fused-ring (bicyclic) bond motifs is 18. The zero-order valence-corrected chi connectivity index (χ0v) is 30.9.